The van der Waals surface area contributed by atoms with Gasteiger partial charge in [-0.25, -0.2) is 0 Å². The molecule has 1 aliphatic rings. The molecule has 1 aliphatic carbocycles. The van der Waals surface area contributed by atoms with Crippen LogP contribution in [0.15, 0.2) is 60.7 Å². The van der Waals surface area contributed by atoms with E-state index in [-0.39, 0.29) is 7.92 Å². The van der Waals surface area contributed by atoms with Gasteiger partial charge in [0, 0.05) is 5.66 Å². The molecule has 0 amide bonds. The van der Waals surface area contributed by atoms with E-state index in [1.54, 1.807) is 0 Å². The molecule has 7 heteroatoms. The highest BCUT2D eigenvalue weighted by atomic mass is 31.1. The standard InChI is InChI=1S/C18H22NP.BF4/c19-17-13-7-8-14-18(17)20(15-9-3-1-4-10-15)16-11-5-2-6-12-16;2-1(3,4)5/h1-6,9-12,17-18H,7-8,13-14,19H2;/q;-1/p+1/t17-,18-;/m0./s1. The second kappa shape index (κ2) is 9.35. The summed E-state index contributed by atoms with van der Waals surface area (Å²) in [6.45, 7) is 0. The molecule has 0 saturated heterocycles. The minimum absolute atomic E-state index is 0.271. The zero-order chi connectivity index (χ0) is 18.3. The van der Waals surface area contributed by atoms with Gasteiger partial charge in [0.05, 0.1) is 6.04 Å². The maximum atomic E-state index is 9.75. The highest BCUT2D eigenvalue weighted by molar-refractivity contribution is 7.73. The largest absolute Gasteiger partial charge is 0.673 e. The zero-order valence-electron chi connectivity index (χ0n) is 14.0. The lowest BCUT2D eigenvalue weighted by molar-refractivity contribution is -0.423. The number of hydrogen-bond donors (Lipinski definition) is 1. The van der Waals surface area contributed by atoms with Crippen molar-refractivity contribution in [1.82, 2.24) is 0 Å². The lowest BCUT2D eigenvalue weighted by Crippen LogP contribution is -2.67. The Bertz CT molecular complexity index is 578. The average molecular weight is 371 g/mol. The third-order valence-corrected chi connectivity index (χ3v) is 7.32. The summed E-state index contributed by atoms with van der Waals surface area (Å²) in [4.78, 5) is 0. The average Bonchev–Trinajstić information content (AvgIpc) is 2.57. The van der Waals surface area contributed by atoms with Crippen molar-refractivity contribution in [1.29, 1.82) is 0 Å². The molecule has 1 saturated carbocycles. The summed E-state index contributed by atoms with van der Waals surface area (Å²) in [5, 5.41) is 3.02. The summed E-state index contributed by atoms with van der Waals surface area (Å²) in [6, 6.07) is 22.8. The Morgan fingerprint density at radius 3 is 1.56 bits per heavy atom. The number of quaternary nitrogens is 1. The molecule has 136 valence electrons. The van der Waals surface area contributed by atoms with Crippen LogP contribution in [0.5, 0.6) is 0 Å². The molecule has 2 atom stereocenters. The highest BCUT2D eigenvalue weighted by Crippen LogP contribution is 2.45. The molecule has 0 aliphatic heterocycles. The maximum absolute atomic E-state index is 9.75. The van der Waals surface area contributed by atoms with Gasteiger partial charge in [-0.15, -0.1) is 0 Å². The Hall–Kier alpha value is -1.39. The molecule has 0 unspecified atom stereocenters. The van der Waals surface area contributed by atoms with Crippen LogP contribution in [-0.2, 0) is 0 Å². The van der Waals surface area contributed by atoms with E-state index in [1.165, 1.54) is 36.3 Å². The Labute approximate surface area is 147 Å². The van der Waals surface area contributed by atoms with Crippen LogP contribution in [0.2, 0.25) is 0 Å². The van der Waals surface area contributed by atoms with E-state index in [4.69, 9.17) is 0 Å². The van der Waals surface area contributed by atoms with Gasteiger partial charge in [0.1, 0.15) is 0 Å². The van der Waals surface area contributed by atoms with E-state index < -0.39 is 7.25 Å². The molecule has 0 aromatic heterocycles. The predicted molar refractivity (Wildman–Crippen MR) is 98.2 cm³/mol. The van der Waals surface area contributed by atoms with Gasteiger partial charge in [-0.1, -0.05) is 67.1 Å². The van der Waals surface area contributed by atoms with E-state index in [9.17, 15) is 17.3 Å². The summed E-state index contributed by atoms with van der Waals surface area (Å²) < 4.78 is 39.0. The first-order chi connectivity index (χ1) is 11.9. The summed E-state index contributed by atoms with van der Waals surface area (Å²) in [5.41, 5.74) is 5.21. The molecular weight excluding hydrogens is 348 g/mol. The van der Waals surface area contributed by atoms with Gasteiger partial charge in [0.25, 0.3) is 0 Å². The number of hydrogen-bond acceptors (Lipinski definition) is 0. The Balaban J connectivity index is 0.000000399. The summed E-state index contributed by atoms with van der Waals surface area (Å²) in [7, 11) is -6.27. The van der Waals surface area contributed by atoms with Crippen molar-refractivity contribution < 1.29 is 23.0 Å². The van der Waals surface area contributed by atoms with E-state index in [1.807, 2.05) is 0 Å². The van der Waals surface area contributed by atoms with Crippen LogP contribution in [-0.4, -0.2) is 19.0 Å². The van der Waals surface area contributed by atoms with E-state index in [0.717, 1.165) is 5.66 Å². The summed E-state index contributed by atoms with van der Waals surface area (Å²) in [5.74, 6) is 0. The number of halogens is 4. The van der Waals surface area contributed by atoms with E-state index in [2.05, 4.69) is 66.4 Å². The van der Waals surface area contributed by atoms with Gasteiger partial charge in [0.15, 0.2) is 0 Å². The fourth-order valence-corrected chi connectivity index (χ4v) is 6.30. The van der Waals surface area contributed by atoms with Crippen molar-refractivity contribution in [2.45, 2.75) is 37.4 Å². The van der Waals surface area contributed by atoms with Crippen LogP contribution in [0.4, 0.5) is 17.3 Å². The first kappa shape index (κ1) is 19.9. The van der Waals surface area contributed by atoms with Crippen LogP contribution in [0.25, 0.3) is 0 Å². The Morgan fingerprint density at radius 1 is 0.760 bits per heavy atom. The predicted octanol–water partition coefficient (Wildman–Crippen LogP) is 3.97. The molecule has 2 aromatic rings. The molecule has 2 aromatic carbocycles. The molecule has 0 bridgehead atoms. The minimum Gasteiger partial charge on any atom is -0.418 e. The third-order valence-electron chi connectivity index (χ3n) is 4.27. The van der Waals surface area contributed by atoms with Crippen LogP contribution in [0, 0.1) is 0 Å². The van der Waals surface area contributed by atoms with Gasteiger partial charge in [0.2, 0.25) is 0 Å². The molecule has 1 fully saturated rings. The molecule has 0 heterocycles. The van der Waals surface area contributed by atoms with Gasteiger partial charge < -0.3 is 23.0 Å². The van der Waals surface area contributed by atoms with Crippen LogP contribution in [0.3, 0.4) is 0 Å². The fraction of sp³-hybridized carbons (Fsp3) is 0.333. The lowest BCUT2D eigenvalue weighted by Gasteiger charge is -2.34. The fourth-order valence-electron chi connectivity index (χ4n) is 3.24. The van der Waals surface area contributed by atoms with Crippen LogP contribution in [0.1, 0.15) is 25.7 Å². The van der Waals surface area contributed by atoms with Crippen molar-refractivity contribution >= 4 is 25.8 Å². The van der Waals surface area contributed by atoms with Crippen LogP contribution < -0.4 is 16.3 Å². The third kappa shape index (κ3) is 6.79. The molecule has 1 nitrogen and oxygen atoms in total. The SMILES string of the molecule is F[B-](F)(F)F.[NH3+][C@H]1CCCC[C@@H]1P(c1ccccc1)c1ccccc1. The number of benzene rings is 2. The summed E-state index contributed by atoms with van der Waals surface area (Å²) >= 11 is 0. The van der Waals surface area contributed by atoms with Gasteiger partial charge in [-0.05, 0) is 37.8 Å². The first-order valence-electron chi connectivity index (χ1n) is 8.46. The second-order valence-electron chi connectivity index (χ2n) is 6.15. The first-order valence-corrected chi connectivity index (χ1v) is 9.87. The van der Waals surface area contributed by atoms with E-state index in [0.29, 0.717) is 6.04 Å². The van der Waals surface area contributed by atoms with Gasteiger partial charge in [-0.2, -0.15) is 0 Å². The van der Waals surface area contributed by atoms with E-state index >= 15 is 0 Å². The van der Waals surface area contributed by atoms with Gasteiger partial charge in [-0.3, -0.25) is 0 Å². The monoisotopic (exact) mass is 371 g/mol. The van der Waals surface area contributed by atoms with Crippen molar-refractivity contribution in [3.8, 4) is 0 Å². The maximum Gasteiger partial charge on any atom is 0.673 e. The summed E-state index contributed by atoms with van der Waals surface area (Å²) in [6.07, 6.45) is 5.36. The number of rotatable bonds is 3. The van der Waals surface area contributed by atoms with Crippen LogP contribution >= 0.6 is 7.92 Å². The molecule has 3 N–H and O–H groups in total. The topological polar surface area (TPSA) is 27.6 Å². The molecular formula is C18H23BF4NP. The normalized spacial score (nSPS) is 20.7. The Kier molecular flexibility index (Phi) is 7.46. The molecule has 3 rings (SSSR count). The minimum atomic E-state index is -6.00. The second-order valence-corrected chi connectivity index (χ2v) is 8.58. The molecule has 0 radical (unpaired) electrons. The van der Waals surface area contributed by atoms with Crippen molar-refractivity contribution in [3.63, 3.8) is 0 Å². The smallest absolute Gasteiger partial charge is 0.418 e. The Morgan fingerprint density at radius 2 is 1.16 bits per heavy atom. The molecule has 25 heavy (non-hydrogen) atoms. The highest BCUT2D eigenvalue weighted by Gasteiger charge is 2.33. The van der Waals surface area contributed by atoms with Crippen molar-refractivity contribution in [2.24, 2.45) is 0 Å². The quantitative estimate of drug-likeness (QED) is 0.481. The lowest BCUT2D eigenvalue weighted by atomic mass is 9.96. The molecule has 0 spiro atoms. The van der Waals surface area contributed by atoms with Gasteiger partial charge >= 0.3 is 7.25 Å². The van der Waals surface area contributed by atoms with Crippen molar-refractivity contribution in [3.05, 3.63) is 60.7 Å². The zero-order valence-corrected chi connectivity index (χ0v) is 14.9. The van der Waals surface area contributed by atoms with Crippen molar-refractivity contribution in [2.75, 3.05) is 0 Å².